The topological polar surface area (TPSA) is 93.0 Å². The van der Waals surface area contributed by atoms with Crippen LogP contribution in [0.15, 0.2) is 10.9 Å². The standard InChI is InChI=1S/C8H12N4O2/c9-7-3-5(11-8(13)12-7)6-4-14-2-1-10-6/h3,6,10H,1-2,4H2,(H3,9,11,12,13). The van der Waals surface area contributed by atoms with Crippen LogP contribution in [0, 0.1) is 0 Å². The van der Waals surface area contributed by atoms with Gasteiger partial charge in [0.25, 0.3) is 0 Å². The molecule has 14 heavy (non-hydrogen) atoms. The zero-order chi connectivity index (χ0) is 9.97. The van der Waals surface area contributed by atoms with Crippen LogP contribution in [0.3, 0.4) is 0 Å². The smallest absolute Gasteiger partial charge is 0.347 e. The Hall–Kier alpha value is -1.40. The van der Waals surface area contributed by atoms with Gasteiger partial charge in [-0.1, -0.05) is 0 Å². The van der Waals surface area contributed by atoms with Crippen molar-refractivity contribution < 1.29 is 4.74 Å². The fourth-order valence-electron chi connectivity index (χ4n) is 1.45. The van der Waals surface area contributed by atoms with E-state index in [1.54, 1.807) is 6.07 Å². The average molecular weight is 196 g/mol. The fraction of sp³-hybridized carbons (Fsp3) is 0.500. The number of nitrogen functional groups attached to an aromatic ring is 1. The second-order valence-corrected chi connectivity index (χ2v) is 3.15. The van der Waals surface area contributed by atoms with Crippen LogP contribution in [0.5, 0.6) is 0 Å². The van der Waals surface area contributed by atoms with Crippen LogP contribution in [-0.4, -0.2) is 29.7 Å². The number of aromatic amines is 1. The van der Waals surface area contributed by atoms with Gasteiger partial charge in [0.05, 0.1) is 19.3 Å². The summed E-state index contributed by atoms with van der Waals surface area (Å²) in [6, 6.07) is 1.65. The number of nitrogens with one attached hydrogen (secondary N) is 2. The Morgan fingerprint density at radius 2 is 2.50 bits per heavy atom. The Kier molecular flexibility index (Phi) is 2.47. The molecule has 1 aliphatic heterocycles. The highest BCUT2D eigenvalue weighted by Crippen LogP contribution is 2.12. The van der Waals surface area contributed by atoms with E-state index in [1.807, 2.05) is 0 Å². The molecule has 4 N–H and O–H groups in total. The van der Waals surface area contributed by atoms with Crippen molar-refractivity contribution in [3.8, 4) is 0 Å². The first-order chi connectivity index (χ1) is 6.75. The maximum atomic E-state index is 11.0. The van der Waals surface area contributed by atoms with Crippen LogP contribution in [0.2, 0.25) is 0 Å². The molecule has 6 heteroatoms. The highest BCUT2D eigenvalue weighted by atomic mass is 16.5. The SMILES string of the molecule is Nc1cc(C2COCCN2)[nH]c(=O)n1. The number of ether oxygens (including phenoxy) is 1. The summed E-state index contributed by atoms with van der Waals surface area (Å²) in [6.07, 6.45) is 0. The molecule has 2 rings (SSSR count). The predicted octanol–water partition coefficient (Wildman–Crippen LogP) is -0.987. The Balaban J connectivity index is 2.26. The number of anilines is 1. The van der Waals surface area contributed by atoms with Crippen LogP contribution in [-0.2, 0) is 4.74 Å². The monoisotopic (exact) mass is 196 g/mol. The maximum absolute atomic E-state index is 11.0. The molecule has 0 saturated carbocycles. The molecule has 1 unspecified atom stereocenters. The molecule has 1 aliphatic rings. The van der Waals surface area contributed by atoms with Crippen molar-refractivity contribution in [2.24, 2.45) is 0 Å². The molecule has 0 aromatic carbocycles. The first-order valence-corrected chi connectivity index (χ1v) is 4.43. The summed E-state index contributed by atoms with van der Waals surface area (Å²) in [5.74, 6) is 0.233. The van der Waals surface area contributed by atoms with Gasteiger partial charge < -0.3 is 20.8 Å². The summed E-state index contributed by atoms with van der Waals surface area (Å²) >= 11 is 0. The predicted molar refractivity (Wildman–Crippen MR) is 50.8 cm³/mol. The van der Waals surface area contributed by atoms with E-state index in [9.17, 15) is 4.79 Å². The fourth-order valence-corrected chi connectivity index (χ4v) is 1.45. The summed E-state index contributed by atoms with van der Waals surface area (Å²) in [5, 5.41) is 3.21. The van der Waals surface area contributed by atoms with Gasteiger partial charge in [-0.15, -0.1) is 0 Å². The largest absolute Gasteiger partial charge is 0.383 e. The molecule has 0 radical (unpaired) electrons. The van der Waals surface area contributed by atoms with Gasteiger partial charge in [0, 0.05) is 18.3 Å². The molecule has 1 saturated heterocycles. The van der Waals surface area contributed by atoms with E-state index in [4.69, 9.17) is 10.5 Å². The molecule has 2 heterocycles. The van der Waals surface area contributed by atoms with E-state index >= 15 is 0 Å². The molecule has 6 nitrogen and oxygen atoms in total. The summed E-state index contributed by atoms with van der Waals surface area (Å²) in [6.45, 7) is 2.01. The molecule has 0 spiro atoms. The van der Waals surface area contributed by atoms with Crippen molar-refractivity contribution >= 4 is 5.82 Å². The first-order valence-electron chi connectivity index (χ1n) is 4.43. The zero-order valence-electron chi connectivity index (χ0n) is 7.62. The molecule has 1 fully saturated rings. The normalized spacial score (nSPS) is 22.1. The van der Waals surface area contributed by atoms with Crippen molar-refractivity contribution in [3.05, 3.63) is 22.2 Å². The number of hydrogen-bond acceptors (Lipinski definition) is 5. The Morgan fingerprint density at radius 3 is 3.14 bits per heavy atom. The van der Waals surface area contributed by atoms with E-state index in [0.717, 1.165) is 12.2 Å². The summed E-state index contributed by atoms with van der Waals surface area (Å²) in [5.41, 5.74) is 5.77. The highest BCUT2D eigenvalue weighted by molar-refractivity contribution is 5.29. The third-order valence-electron chi connectivity index (χ3n) is 2.08. The number of H-pyrrole nitrogens is 1. The van der Waals surface area contributed by atoms with Crippen LogP contribution in [0.1, 0.15) is 11.7 Å². The van der Waals surface area contributed by atoms with E-state index in [1.165, 1.54) is 0 Å². The van der Waals surface area contributed by atoms with E-state index in [0.29, 0.717) is 13.2 Å². The number of hydrogen-bond donors (Lipinski definition) is 3. The van der Waals surface area contributed by atoms with Crippen molar-refractivity contribution in [3.63, 3.8) is 0 Å². The molecule has 76 valence electrons. The minimum absolute atomic E-state index is 0.00162. The van der Waals surface area contributed by atoms with Gasteiger partial charge in [0.1, 0.15) is 5.82 Å². The molecule has 1 atom stereocenters. The number of morpholine rings is 1. The molecular weight excluding hydrogens is 184 g/mol. The summed E-state index contributed by atoms with van der Waals surface area (Å²) in [7, 11) is 0. The van der Waals surface area contributed by atoms with E-state index in [2.05, 4.69) is 15.3 Å². The van der Waals surface area contributed by atoms with Crippen LogP contribution in [0.25, 0.3) is 0 Å². The summed E-state index contributed by atoms with van der Waals surface area (Å²) < 4.78 is 5.27. The number of nitrogens with zero attached hydrogens (tertiary/aromatic N) is 1. The van der Waals surface area contributed by atoms with Crippen LogP contribution >= 0.6 is 0 Å². The lowest BCUT2D eigenvalue weighted by Gasteiger charge is -2.23. The Morgan fingerprint density at radius 1 is 1.64 bits per heavy atom. The van der Waals surface area contributed by atoms with Gasteiger partial charge in [-0.25, -0.2) is 4.79 Å². The average Bonchev–Trinajstić information content (AvgIpc) is 2.18. The molecule has 0 aliphatic carbocycles. The van der Waals surface area contributed by atoms with Gasteiger partial charge in [-0.05, 0) is 0 Å². The van der Waals surface area contributed by atoms with Crippen molar-refractivity contribution in [1.82, 2.24) is 15.3 Å². The molecule has 1 aromatic heterocycles. The van der Waals surface area contributed by atoms with Gasteiger partial charge in [0.2, 0.25) is 0 Å². The second kappa shape index (κ2) is 3.77. The lowest BCUT2D eigenvalue weighted by molar-refractivity contribution is 0.0755. The second-order valence-electron chi connectivity index (χ2n) is 3.15. The maximum Gasteiger partial charge on any atom is 0.347 e. The zero-order valence-corrected chi connectivity index (χ0v) is 7.62. The van der Waals surface area contributed by atoms with Gasteiger partial charge in [0.15, 0.2) is 0 Å². The molecule has 1 aromatic rings. The van der Waals surface area contributed by atoms with Gasteiger partial charge in [-0.3, -0.25) is 0 Å². The van der Waals surface area contributed by atoms with Crippen molar-refractivity contribution in [2.75, 3.05) is 25.5 Å². The van der Waals surface area contributed by atoms with Crippen molar-refractivity contribution in [1.29, 1.82) is 0 Å². The Labute approximate surface area is 80.5 Å². The van der Waals surface area contributed by atoms with Crippen molar-refractivity contribution in [2.45, 2.75) is 6.04 Å². The minimum Gasteiger partial charge on any atom is -0.383 e. The van der Waals surface area contributed by atoms with Crippen LogP contribution < -0.4 is 16.7 Å². The van der Waals surface area contributed by atoms with Crippen LogP contribution in [0.4, 0.5) is 5.82 Å². The molecule has 0 bridgehead atoms. The van der Waals surface area contributed by atoms with Gasteiger partial charge in [-0.2, -0.15) is 4.98 Å². The first kappa shape index (κ1) is 9.17. The highest BCUT2D eigenvalue weighted by Gasteiger charge is 2.16. The third kappa shape index (κ3) is 1.91. The minimum atomic E-state index is -0.424. The van der Waals surface area contributed by atoms with Gasteiger partial charge >= 0.3 is 5.69 Å². The quantitative estimate of drug-likeness (QED) is 0.536. The lowest BCUT2D eigenvalue weighted by Crippen LogP contribution is -2.36. The number of rotatable bonds is 1. The van der Waals surface area contributed by atoms with E-state index in [-0.39, 0.29) is 11.9 Å². The van der Waals surface area contributed by atoms with E-state index < -0.39 is 5.69 Å². The Bertz CT molecular complexity index is 370. The summed E-state index contributed by atoms with van der Waals surface area (Å²) in [4.78, 5) is 17.2. The lowest BCUT2D eigenvalue weighted by atomic mass is 10.2. The third-order valence-corrected chi connectivity index (χ3v) is 2.08. The number of aromatic nitrogens is 2. The number of nitrogens with two attached hydrogens (primary N) is 1. The molecule has 0 amide bonds. The molecular formula is C8H12N4O2.